The molecule has 0 spiro atoms. The molecule has 2 saturated heterocycles. The summed E-state index contributed by atoms with van der Waals surface area (Å²) >= 11 is 0. The first-order valence-electron chi connectivity index (χ1n) is 7.38. The molecule has 2 fully saturated rings. The third-order valence-corrected chi connectivity index (χ3v) is 4.49. The first-order valence-corrected chi connectivity index (χ1v) is 7.38. The van der Waals surface area contributed by atoms with E-state index in [-0.39, 0.29) is 0 Å². The molecule has 19 heavy (non-hydrogen) atoms. The minimum absolute atomic E-state index is 0.527. The number of nitrogen functional groups attached to an aromatic ring is 1. The van der Waals surface area contributed by atoms with Crippen molar-refractivity contribution in [2.45, 2.75) is 51.1 Å². The summed E-state index contributed by atoms with van der Waals surface area (Å²) < 4.78 is 0. The molecule has 5 heteroatoms. The van der Waals surface area contributed by atoms with Crippen LogP contribution in [0.25, 0.3) is 0 Å². The maximum atomic E-state index is 5.92. The Balaban J connectivity index is 1.70. The summed E-state index contributed by atoms with van der Waals surface area (Å²) in [7, 11) is 0. The van der Waals surface area contributed by atoms with Gasteiger partial charge in [-0.25, -0.2) is 9.97 Å². The lowest BCUT2D eigenvalue weighted by Crippen LogP contribution is -2.43. The van der Waals surface area contributed by atoms with Gasteiger partial charge in [0.25, 0.3) is 0 Å². The van der Waals surface area contributed by atoms with E-state index in [1.165, 1.54) is 38.8 Å². The zero-order valence-corrected chi connectivity index (χ0v) is 11.6. The molecule has 3 rings (SSSR count). The van der Waals surface area contributed by atoms with Crippen LogP contribution in [0, 0.1) is 0 Å². The van der Waals surface area contributed by atoms with Gasteiger partial charge in [-0.3, -0.25) is 0 Å². The number of nitrogens with one attached hydrogen (secondary N) is 1. The molecule has 0 radical (unpaired) electrons. The monoisotopic (exact) mass is 261 g/mol. The first kappa shape index (κ1) is 12.7. The second kappa shape index (κ2) is 5.33. The van der Waals surface area contributed by atoms with Crippen molar-refractivity contribution in [1.82, 2.24) is 14.9 Å². The normalized spacial score (nSPS) is 27.2. The number of hydrogen-bond donors (Lipinski definition) is 2. The average molecular weight is 261 g/mol. The third-order valence-electron chi connectivity index (χ3n) is 4.49. The fourth-order valence-corrected chi connectivity index (χ4v) is 3.45. The van der Waals surface area contributed by atoms with E-state index in [0.717, 1.165) is 23.8 Å². The van der Waals surface area contributed by atoms with Gasteiger partial charge in [-0.1, -0.05) is 6.92 Å². The fourth-order valence-electron chi connectivity index (χ4n) is 3.45. The number of fused-ring (bicyclic) bond motifs is 1. The molecule has 2 unspecified atom stereocenters. The summed E-state index contributed by atoms with van der Waals surface area (Å²) in [5, 5.41) is 3.60. The van der Waals surface area contributed by atoms with E-state index < -0.39 is 0 Å². The first-order chi connectivity index (χ1) is 9.28. The number of nitrogens with zero attached hydrogens (tertiary/aromatic N) is 3. The van der Waals surface area contributed by atoms with Gasteiger partial charge < -0.3 is 16.0 Å². The number of nitrogens with two attached hydrogens (primary N) is 1. The van der Waals surface area contributed by atoms with E-state index in [2.05, 4.69) is 27.1 Å². The van der Waals surface area contributed by atoms with Crippen molar-refractivity contribution in [3.8, 4) is 0 Å². The highest BCUT2D eigenvalue weighted by Crippen LogP contribution is 2.29. The van der Waals surface area contributed by atoms with Crippen LogP contribution in [0.1, 0.15) is 38.2 Å². The maximum Gasteiger partial charge on any atom is 0.134 e. The van der Waals surface area contributed by atoms with E-state index in [9.17, 15) is 0 Å². The Labute approximate surface area is 114 Å². The summed E-state index contributed by atoms with van der Waals surface area (Å²) in [5.41, 5.74) is 6.98. The fraction of sp³-hybridized carbons (Fsp3) is 0.714. The van der Waals surface area contributed by atoms with Crippen LogP contribution in [0.4, 0.5) is 11.6 Å². The largest absolute Gasteiger partial charge is 0.383 e. The Morgan fingerprint density at radius 1 is 1.37 bits per heavy atom. The quantitative estimate of drug-likeness (QED) is 0.866. The van der Waals surface area contributed by atoms with E-state index in [4.69, 9.17) is 5.73 Å². The van der Waals surface area contributed by atoms with Crippen LogP contribution >= 0.6 is 0 Å². The average Bonchev–Trinajstić information content (AvgIpc) is 2.86. The van der Waals surface area contributed by atoms with Crippen LogP contribution in [0.3, 0.4) is 0 Å². The number of anilines is 2. The number of aromatic nitrogens is 2. The van der Waals surface area contributed by atoms with Crippen LogP contribution in [0.2, 0.25) is 0 Å². The molecular weight excluding hydrogens is 238 g/mol. The minimum Gasteiger partial charge on any atom is -0.383 e. The van der Waals surface area contributed by atoms with Gasteiger partial charge in [0, 0.05) is 24.2 Å². The van der Waals surface area contributed by atoms with Crippen molar-refractivity contribution in [2.75, 3.05) is 24.1 Å². The molecule has 0 bridgehead atoms. The Bertz CT molecular complexity index is 447. The van der Waals surface area contributed by atoms with E-state index in [1.54, 1.807) is 6.33 Å². The molecule has 0 aliphatic carbocycles. The molecule has 5 nitrogen and oxygen atoms in total. The number of hydrogen-bond acceptors (Lipinski definition) is 5. The second-order valence-corrected chi connectivity index (χ2v) is 5.64. The zero-order valence-electron chi connectivity index (χ0n) is 11.6. The van der Waals surface area contributed by atoms with Crippen molar-refractivity contribution in [1.29, 1.82) is 0 Å². The molecule has 2 aliphatic rings. The molecule has 1 aromatic heterocycles. The summed E-state index contributed by atoms with van der Waals surface area (Å²) in [4.78, 5) is 11.1. The van der Waals surface area contributed by atoms with Crippen LogP contribution < -0.4 is 11.1 Å². The second-order valence-electron chi connectivity index (χ2n) is 5.64. The van der Waals surface area contributed by atoms with Crippen molar-refractivity contribution >= 4 is 11.6 Å². The van der Waals surface area contributed by atoms with Gasteiger partial charge in [0.1, 0.15) is 18.0 Å². The Morgan fingerprint density at radius 2 is 2.26 bits per heavy atom. The van der Waals surface area contributed by atoms with Crippen LogP contribution in [0.15, 0.2) is 6.33 Å². The minimum atomic E-state index is 0.527. The van der Waals surface area contributed by atoms with Gasteiger partial charge >= 0.3 is 0 Å². The molecule has 3 N–H and O–H groups in total. The number of rotatable bonds is 3. The van der Waals surface area contributed by atoms with Crippen LogP contribution in [-0.4, -0.2) is 40.0 Å². The van der Waals surface area contributed by atoms with Crippen LogP contribution in [-0.2, 0) is 6.42 Å². The van der Waals surface area contributed by atoms with E-state index in [0.29, 0.717) is 11.9 Å². The highest BCUT2D eigenvalue weighted by atomic mass is 15.2. The highest BCUT2D eigenvalue weighted by Gasteiger charge is 2.31. The molecular formula is C14H23N5. The van der Waals surface area contributed by atoms with Crippen molar-refractivity contribution in [3.63, 3.8) is 0 Å². The molecule has 104 valence electrons. The lowest BCUT2D eigenvalue weighted by Gasteiger charge is -2.35. The maximum absolute atomic E-state index is 5.92. The smallest absolute Gasteiger partial charge is 0.134 e. The van der Waals surface area contributed by atoms with Crippen molar-refractivity contribution < 1.29 is 0 Å². The van der Waals surface area contributed by atoms with Crippen molar-refractivity contribution in [3.05, 3.63) is 11.9 Å². The molecule has 2 atom stereocenters. The molecule has 2 aliphatic heterocycles. The van der Waals surface area contributed by atoms with Gasteiger partial charge in [0.05, 0.1) is 0 Å². The predicted molar refractivity (Wildman–Crippen MR) is 77.1 cm³/mol. The SMILES string of the molecule is CCc1c(N)ncnc1NC1CCN2CCCC2C1. The lowest BCUT2D eigenvalue weighted by atomic mass is 9.97. The zero-order chi connectivity index (χ0) is 13.2. The summed E-state index contributed by atoms with van der Waals surface area (Å²) in [6, 6.07) is 1.30. The molecule has 1 aromatic rings. The molecule has 0 saturated carbocycles. The Hall–Kier alpha value is -1.36. The van der Waals surface area contributed by atoms with Gasteiger partial charge in [-0.15, -0.1) is 0 Å². The van der Waals surface area contributed by atoms with Gasteiger partial charge in [-0.05, 0) is 38.6 Å². The van der Waals surface area contributed by atoms with Gasteiger partial charge in [0.2, 0.25) is 0 Å². The molecule has 0 amide bonds. The van der Waals surface area contributed by atoms with E-state index in [1.807, 2.05) is 0 Å². The molecule has 0 aromatic carbocycles. The van der Waals surface area contributed by atoms with Crippen molar-refractivity contribution in [2.24, 2.45) is 0 Å². The Kier molecular flexibility index (Phi) is 3.55. The molecule has 3 heterocycles. The van der Waals surface area contributed by atoms with E-state index >= 15 is 0 Å². The summed E-state index contributed by atoms with van der Waals surface area (Å²) in [6.45, 7) is 4.60. The third kappa shape index (κ3) is 2.52. The van der Waals surface area contributed by atoms with Crippen LogP contribution in [0.5, 0.6) is 0 Å². The number of piperidine rings is 1. The highest BCUT2D eigenvalue weighted by molar-refractivity contribution is 5.55. The Morgan fingerprint density at radius 3 is 3.11 bits per heavy atom. The van der Waals surface area contributed by atoms with Gasteiger partial charge in [-0.2, -0.15) is 0 Å². The predicted octanol–water partition coefficient (Wildman–Crippen LogP) is 1.66. The summed E-state index contributed by atoms with van der Waals surface area (Å²) in [6.07, 6.45) is 7.57. The standard InChI is InChI=1S/C14H23N5/c1-2-12-13(15)16-9-17-14(12)18-10-5-7-19-6-3-4-11(19)8-10/h9-11H,2-8H2,1H3,(H3,15,16,17,18). The lowest BCUT2D eigenvalue weighted by molar-refractivity contribution is 0.188. The topological polar surface area (TPSA) is 67.1 Å². The summed E-state index contributed by atoms with van der Waals surface area (Å²) in [5.74, 6) is 1.55. The van der Waals surface area contributed by atoms with Gasteiger partial charge in [0.15, 0.2) is 0 Å².